The summed E-state index contributed by atoms with van der Waals surface area (Å²) in [5.41, 5.74) is -0.149. The molecule has 182 valence electrons. The van der Waals surface area contributed by atoms with Crippen LogP contribution in [0.2, 0.25) is 5.02 Å². The lowest BCUT2D eigenvalue weighted by Crippen LogP contribution is -2.18. The number of carbonyl (C=O) groups is 2. The fraction of sp³-hybridized carbons (Fsp3) is 0.130. The van der Waals surface area contributed by atoms with E-state index in [0.29, 0.717) is 6.07 Å². The third-order valence-electron chi connectivity index (χ3n) is 5.36. The van der Waals surface area contributed by atoms with Gasteiger partial charge in [-0.3, -0.25) is 9.59 Å². The van der Waals surface area contributed by atoms with Gasteiger partial charge in [-0.1, -0.05) is 11.6 Å². The van der Waals surface area contributed by atoms with Gasteiger partial charge < -0.3 is 10.6 Å². The van der Waals surface area contributed by atoms with E-state index in [1.165, 1.54) is 18.2 Å². The smallest absolute Gasteiger partial charge is 0.257 e. The lowest BCUT2D eigenvalue weighted by atomic mass is 10.1. The van der Waals surface area contributed by atoms with Gasteiger partial charge in [-0.2, -0.15) is 0 Å². The van der Waals surface area contributed by atoms with Gasteiger partial charge in [0.15, 0.2) is 0 Å². The van der Waals surface area contributed by atoms with Crippen molar-refractivity contribution in [3.8, 4) is 0 Å². The van der Waals surface area contributed by atoms with Crippen LogP contribution in [0.5, 0.6) is 0 Å². The highest BCUT2D eigenvalue weighted by Gasteiger charge is 2.67. The van der Waals surface area contributed by atoms with Crippen LogP contribution in [0.4, 0.5) is 28.9 Å². The molecule has 4 nitrogen and oxygen atoms in total. The molecular weight excluding hydrogens is 599 g/mol. The van der Waals surface area contributed by atoms with E-state index >= 15 is 0 Å². The molecule has 0 aromatic heterocycles. The van der Waals surface area contributed by atoms with E-state index in [0.717, 1.165) is 24.3 Å². The predicted molar refractivity (Wildman–Crippen MR) is 129 cm³/mol. The molecule has 2 unspecified atom stereocenters. The number of anilines is 2. The Morgan fingerprint density at radius 1 is 0.886 bits per heavy atom. The molecule has 1 saturated carbocycles. The van der Waals surface area contributed by atoms with Crippen molar-refractivity contribution < 1.29 is 27.2 Å². The Bertz CT molecular complexity index is 1350. The van der Waals surface area contributed by atoms with Crippen molar-refractivity contribution in [3.05, 3.63) is 92.4 Å². The number of benzene rings is 3. The molecule has 2 amide bonds. The van der Waals surface area contributed by atoms with E-state index in [1.807, 2.05) is 0 Å². The Kier molecular flexibility index (Phi) is 7.07. The Labute approximate surface area is 219 Å². The maximum atomic E-state index is 13.9. The number of alkyl halides is 2. The van der Waals surface area contributed by atoms with E-state index < -0.39 is 51.3 Å². The van der Waals surface area contributed by atoms with Gasteiger partial charge in [0, 0.05) is 17.7 Å². The second-order valence-electron chi connectivity index (χ2n) is 7.69. The highest BCUT2D eigenvalue weighted by Crippen LogP contribution is 2.65. The zero-order valence-electron chi connectivity index (χ0n) is 17.1. The monoisotopic (exact) mass is 608 g/mol. The molecule has 2 N–H and O–H groups in total. The molecule has 3 aromatic carbocycles. The van der Waals surface area contributed by atoms with Crippen LogP contribution in [-0.4, -0.2) is 16.1 Å². The van der Waals surface area contributed by atoms with Gasteiger partial charge in [0.05, 0.1) is 26.7 Å². The second kappa shape index (κ2) is 9.61. The molecule has 35 heavy (non-hydrogen) atoms. The number of rotatable bonds is 5. The summed E-state index contributed by atoms with van der Waals surface area (Å²) in [4.78, 5) is 25.5. The molecule has 0 aliphatic heterocycles. The zero-order valence-corrected chi connectivity index (χ0v) is 21.0. The van der Waals surface area contributed by atoms with Crippen molar-refractivity contribution in [1.29, 1.82) is 0 Å². The summed E-state index contributed by atoms with van der Waals surface area (Å²) in [5.74, 6) is -6.97. The van der Waals surface area contributed by atoms with E-state index in [4.69, 9.17) is 34.8 Å². The molecule has 1 fully saturated rings. The summed E-state index contributed by atoms with van der Waals surface area (Å²) in [6, 6.07) is 8.64. The normalized spacial score (nSPS) is 18.2. The second-order valence-corrected chi connectivity index (χ2v) is 10.3. The molecule has 1 aliphatic rings. The Hall–Kier alpha value is -2.33. The van der Waals surface area contributed by atoms with Crippen LogP contribution < -0.4 is 10.6 Å². The van der Waals surface area contributed by atoms with Gasteiger partial charge in [0.1, 0.15) is 27.6 Å². The predicted octanol–water partition coefficient (Wildman–Crippen LogP) is 7.44. The minimum Gasteiger partial charge on any atom is -0.326 e. The molecule has 3 aromatic rings. The maximum Gasteiger partial charge on any atom is 0.257 e. The molecular formula is C23H12BrCl3F4N2O2. The number of carbonyl (C=O) groups excluding carboxylic acids is 2. The first-order valence-corrected chi connectivity index (χ1v) is 11.7. The van der Waals surface area contributed by atoms with E-state index in [1.54, 1.807) is 0 Å². The van der Waals surface area contributed by atoms with Gasteiger partial charge in [0.25, 0.3) is 5.91 Å². The number of halogens is 8. The number of hydrogen-bond donors (Lipinski definition) is 2. The van der Waals surface area contributed by atoms with Crippen LogP contribution >= 0.6 is 50.7 Å². The summed E-state index contributed by atoms with van der Waals surface area (Å²) in [6.07, 6.45) is 0. The molecule has 0 spiro atoms. The Balaban J connectivity index is 1.52. The van der Waals surface area contributed by atoms with Gasteiger partial charge >= 0.3 is 0 Å². The summed E-state index contributed by atoms with van der Waals surface area (Å²) < 4.78 is 52.9. The minimum atomic E-state index is -1.62. The third kappa shape index (κ3) is 5.14. The minimum absolute atomic E-state index is 0.00263. The van der Waals surface area contributed by atoms with Crippen LogP contribution in [0.1, 0.15) is 21.8 Å². The van der Waals surface area contributed by atoms with Crippen molar-refractivity contribution in [2.24, 2.45) is 5.92 Å². The lowest BCUT2D eigenvalue weighted by Gasteiger charge is -2.11. The standard InChI is InChI=1S/C23H12BrCl3F4N2O2/c24-20-15(30)5-9(6-16(20)31)18-19(23(18,26)27)22(35)32-11-2-3-13(25)12(8-11)21(34)33-17-4-1-10(28)7-14(17)29/h1-8,18-19H,(H,32,35)(H,33,34). The fourth-order valence-electron chi connectivity index (χ4n) is 3.60. The summed E-state index contributed by atoms with van der Waals surface area (Å²) in [5, 5.41) is 4.81. The van der Waals surface area contributed by atoms with Crippen molar-refractivity contribution >= 4 is 73.9 Å². The zero-order chi connectivity index (χ0) is 25.7. The van der Waals surface area contributed by atoms with Crippen molar-refractivity contribution in [3.63, 3.8) is 0 Å². The topological polar surface area (TPSA) is 58.2 Å². The number of hydrogen-bond acceptors (Lipinski definition) is 2. The summed E-state index contributed by atoms with van der Waals surface area (Å²) >= 11 is 21.3. The molecule has 0 bridgehead atoms. The molecule has 4 rings (SSSR count). The van der Waals surface area contributed by atoms with Crippen LogP contribution in [0.25, 0.3) is 0 Å². The van der Waals surface area contributed by atoms with Crippen molar-refractivity contribution in [2.45, 2.75) is 10.3 Å². The summed E-state index contributed by atoms with van der Waals surface area (Å²) in [7, 11) is 0. The molecule has 1 aliphatic carbocycles. The molecule has 0 saturated heterocycles. The third-order valence-corrected chi connectivity index (χ3v) is 7.39. The Morgan fingerprint density at radius 2 is 1.54 bits per heavy atom. The molecule has 0 heterocycles. The highest BCUT2D eigenvalue weighted by atomic mass is 79.9. The van der Waals surface area contributed by atoms with Crippen LogP contribution in [-0.2, 0) is 4.79 Å². The van der Waals surface area contributed by atoms with Crippen LogP contribution in [0.15, 0.2) is 53.0 Å². The molecule has 2 atom stereocenters. The van der Waals surface area contributed by atoms with E-state index in [-0.39, 0.29) is 32.0 Å². The number of nitrogens with one attached hydrogen (secondary N) is 2. The van der Waals surface area contributed by atoms with Crippen molar-refractivity contribution in [1.82, 2.24) is 0 Å². The fourth-order valence-corrected chi connectivity index (χ4v) is 4.86. The largest absolute Gasteiger partial charge is 0.326 e. The Morgan fingerprint density at radius 3 is 2.17 bits per heavy atom. The van der Waals surface area contributed by atoms with Crippen LogP contribution in [0, 0.1) is 29.2 Å². The van der Waals surface area contributed by atoms with Gasteiger partial charge in [-0.15, -0.1) is 23.2 Å². The van der Waals surface area contributed by atoms with E-state index in [2.05, 4.69) is 26.6 Å². The van der Waals surface area contributed by atoms with Crippen molar-refractivity contribution in [2.75, 3.05) is 10.6 Å². The highest BCUT2D eigenvalue weighted by molar-refractivity contribution is 9.10. The van der Waals surface area contributed by atoms with Crippen LogP contribution in [0.3, 0.4) is 0 Å². The van der Waals surface area contributed by atoms with Gasteiger partial charge in [0.2, 0.25) is 5.91 Å². The average Bonchev–Trinajstić information content (AvgIpc) is 3.37. The number of amides is 2. The van der Waals surface area contributed by atoms with Gasteiger partial charge in [-0.25, -0.2) is 17.6 Å². The van der Waals surface area contributed by atoms with Gasteiger partial charge in [-0.05, 0) is 64.0 Å². The molecule has 0 radical (unpaired) electrons. The quantitative estimate of drug-likeness (QED) is 0.179. The van der Waals surface area contributed by atoms with E-state index in [9.17, 15) is 27.2 Å². The first kappa shape index (κ1) is 25.8. The first-order valence-electron chi connectivity index (χ1n) is 9.79. The molecule has 12 heteroatoms. The maximum absolute atomic E-state index is 13.9. The summed E-state index contributed by atoms with van der Waals surface area (Å²) in [6.45, 7) is 0. The SMILES string of the molecule is O=C(Nc1ccc(F)cc1F)c1cc(NC(=O)C2C(c3cc(F)c(Br)c(F)c3)C2(Cl)Cl)ccc1Cl. The average molecular weight is 611 g/mol. The first-order chi connectivity index (χ1) is 16.4. The lowest BCUT2D eigenvalue weighted by molar-refractivity contribution is -0.117.